The Kier molecular flexibility index (Phi) is 3.77. The summed E-state index contributed by atoms with van der Waals surface area (Å²) in [6, 6.07) is 10.3. The van der Waals surface area contributed by atoms with E-state index in [0.29, 0.717) is 19.8 Å². The fourth-order valence-corrected chi connectivity index (χ4v) is 4.05. The van der Waals surface area contributed by atoms with Gasteiger partial charge >= 0.3 is 0 Å². The Bertz CT molecular complexity index is 623. The molecular weight excluding hydrogens is 309 g/mol. The SMILES string of the molecule is CCN1CC(c2ccccc2)N=C1N1CC(F)(CO)C2(COC2)C1. The van der Waals surface area contributed by atoms with E-state index >= 15 is 4.39 Å². The summed E-state index contributed by atoms with van der Waals surface area (Å²) in [4.78, 5) is 9.10. The number of likely N-dealkylation sites (N-methyl/N-ethyl adjacent to an activating group) is 1. The summed E-state index contributed by atoms with van der Waals surface area (Å²) in [7, 11) is 0. The van der Waals surface area contributed by atoms with Crippen LogP contribution in [-0.4, -0.2) is 72.5 Å². The summed E-state index contributed by atoms with van der Waals surface area (Å²) in [6.45, 7) is 4.77. The van der Waals surface area contributed by atoms with Gasteiger partial charge in [0.2, 0.25) is 0 Å². The fourth-order valence-electron chi connectivity index (χ4n) is 4.05. The standard InChI is InChI=1S/C18H24FN3O2/c1-2-21-8-15(14-6-4-3-5-7-14)20-16(21)22-9-17(12-24-13-17)18(19,10-22)11-23/h3-7,15,23H,2,8-13H2,1H3. The molecule has 0 saturated carbocycles. The molecule has 0 bridgehead atoms. The molecule has 6 heteroatoms. The van der Waals surface area contributed by atoms with E-state index in [4.69, 9.17) is 9.73 Å². The second kappa shape index (κ2) is 5.70. The Morgan fingerprint density at radius 2 is 2.04 bits per heavy atom. The van der Waals surface area contributed by atoms with Crippen LogP contribution in [0.2, 0.25) is 0 Å². The minimum Gasteiger partial charge on any atom is -0.393 e. The number of benzene rings is 1. The molecule has 0 amide bonds. The van der Waals surface area contributed by atoms with Crippen molar-refractivity contribution in [2.24, 2.45) is 10.4 Å². The molecule has 2 atom stereocenters. The molecule has 3 aliphatic heterocycles. The van der Waals surface area contributed by atoms with Gasteiger partial charge in [0.05, 0.1) is 37.8 Å². The Balaban J connectivity index is 1.60. The van der Waals surface area contributed by atoms with E-state index in [1.54, 1.807) is 0 Å². The Morgan fingerprint density at radius 1 is 1.29 bits per heavy atom. The van der Waals surface area contributed by atoms with Crippen LogP contribution < -0.4 is 0 Å². The lowest BCUT2D eigenvalue weighted by Gasteiger charge is -2.44. The second-order valence-corrected chi connectivity index (χ2v) is 7.15. The van der Waals surface area contributed by atoms with Gasteiger partial charge in [-0.25, -0.2) is 9.38 Å². The van der Waals surface area contributed by atoms with E-state index in [0.717, 1.165) is 19.0 Å². The minimum absolute atomic E-state index is 0.0819. The highest BCUT2D eigenvalue weighted by Gasteiger charge is 2.63. The fraction of sp³-hybridized carbons (Fsp3) is 0.611. The molecule has 2 saturated heterocycles. The number of aliphatic hydroxyl groups excluding tert-OH is 1. The third-order valence-electron chi connectivity index (χ3n) is 5.69. The van der Waals surface area contributed by atoms with Gasteiger partial charge in [-0.3, -0.25) is 0 Å². The van der Waals surface area contributed by atoms with E-state index in [-0.39, 0.29) is 12.6 Å². The van der Waals surface area contributed by atoms with Gasteiger partial charge in [0.25, 0.3) is 0 Å². The minimum atomic E-state index is -1.61. The number of rotatable bonds is 3. The largest absolute Gasteiger partial charge is 0.393 e. The maximum absolute atomic E-state index is 15.3. The van der Waals surface area contributed by atoms with Gasteiger partial charge in [-0.15, -0.1) is 0 Å². The number of likely N-dealkylation sites (tertiary alicyclic amines) is 1. The molecule has 130 valence electrons. The summed E-state index contributed by atoms with van der Waals surface area (Å²) in [5, 5.41) is 9.63. The molecule has 24 heavy (non-hydrogen) atoms. The Labute approximate surface area is 141 Å². The second-order valence-electron chi connectivity index (χ2n) is 7.15. The van der Waals surface area contributed by atoms with Crippen molar-refractivity contribution in [3.8, 4) is 0 Å². The van der Waals surface area contributed by atoms with Gasteiger partial charge in [-0.1, -0.05) is 30.3 Å². The van der Waals surface area contributed by atoms with Crippen molar-refractivity contribution in [2.75, 3.05) is 46.0 Å². The van der Waals surface area contributed by atoms with Crippen molar-refractivity contribution >= 4 is 5.96 Å². The number of halogens is 1. The molecule has 5 nitrogen and oxygen atoms in total. The molecule has 0 aromatic heterocycles. The molecular formula is C18H24FN3O2. The van der Waals surface area contributed by atoms with Crippen LogP contribution in [0, 0.1) is 5.41 Å². The first kappa shape index (κ1) is 15.8. The number of ether oxygens (including phenoxy) is 1. The maximum atomic E-state index is 15.3. The smallest absolute Gasteiger partial charge is 0.197 e. The van der Waals surface area contributed by atoms with Gasteiger partial charge in [-0.2, -0.15) is 0 Å². The van der Waals surface area contributed by atoms with Crippen LogP contribution in [0.1, 0.15) is 18.5 Å². The third kappa shape index (κ3) is 2.24. The quantitative estimate of drug-likeness (QED) is 0.910. The van der Waals surface area contributed by atoms with E-state index in [1.807, 2.05) is 23.1 Å². The average molecular weight is 333 g/mol. The normalized spacial score (nSPS) is 31.5. The van der Waals surface area contributed by atoms with Crippen molar-refractivity contribution in [3.05, 3.63) is 35.9 Å². The zero-order chi connectivity index (χ0) is 16.8. The van der Waals surface area contributed by atoms with Crippen molar-refractivity contribution in [1.82, 2.24) is 9.80 Å². The lowest BCUT2D eigenvalue weighted by molar-refractivity contribution is -0.178. The predicted molar refractivity (Wildman–Crippen MR) is 89.6 cm³/mol. The number of aliphatic hydroxyl groups is 1. The predicted octanol–water partition coefficient (Wildman–Crippen LogP) is 1.45. The van der Waals surface area contributed by atoms with Crippen molar-refractivity contribution in [3.63, 3.8) is 0 Å². The zero-order valence-electron chi connectivity index (χ0n) is 14.0. The maximum Gasteiger partial charge on any atom is 0.197 e. The molecule has 1 aromatic carbocycles. The third-order valence-corrected chi connectivity index (χ3v) is 5.69. The van der Waals surface area contributed by atoms with Crippen LogP contribution in [0.4, 0.5) is 4.39 Å². The van der Waals surface area contributed by atoms with E-state index in [9.17, 15) is 5.11 Å². The Morgan fingerprint density at radius 3 is 2.58 bits per heavy atom. The average Bonchev–Trinajstić information content (AvgIpc) is 3.14. The van der Waals surface area contributed by atoms with Gasteiger partial charge in [0.1, 0.15) is 0 Å². The summed E-state index contributed by atoms with van der Waals surface area (Å²) in [5.74, 6) is 0.852. The van der Waals surface area contributed by atoms with Crippen LogP contribution in [0.25, 0.3) is 0 Å². The molecule has 0 aliphatic carbocycles. The monoisotopic (exact) mass is 333 g/mol. The van der Waals surface area contributed by atoms with Gasteiger partial charge in [0, 0.05) is 19.6 Å². The molecule has 4 rings (SSSR count). The van der Waals surface area contributed by atoms with Gasteiger partial charge in [-0.05, 0) is 12.5 Å². The van der Waals surface area contributed by atoms with Crippen LogP contribution in [0.5, 0.6) is 0 Å². The highest BCUT2D eigenvalue weighted by Crippen LogP contribution is 2.48. The first-order valence-corrected chi connectivity index (χ1v) is 8.61. The number of aliphatic imine (C=N–C) groups is 1. The first-order chi connectivity index (χ1) is 11.6. The molecule has 1 N–H and O–H groups in total. The van der Waals surface area contributed by atoms with Crippen LogP contribution in [0.3, 0.4) is 0 Å². The molecule has 2 unspecified atom stereocenters. The lowest BCUT2D eigenvalue weighted by atomic mass is 9.74. The molecule has 3 aliphatic rings. The van der Waals surface area contributed by atoms with E-state index in [2.05, 4.69) is 24.0 Å². The van der Waals surface area contributed by atoms with Crippen molar-refractivity contribution in [1.29, 1.82) is 0 Å². The van der Waals surface area contributed by atoms with Crippen LogP contribution in [-0.2, 0) is 4.74 Å². The number of hydrogen-bond donors (Lipinski definition) is 1. The first-order valence-electron chi connectivity index (χ1n) is 8.61. The van der Waals surface area contributed by atoms with Crippen LogP contribution >= 0.6 is 0 Å². The molecule has 1 spiro atoms. The summed E-state index contributed by atoms with van der Waals surface area (Å²) in [6.07, 6.45) is 0. The zero-order valence-corrected chi connectivity index (χ0v) is 14.0. The molecule has 3 heterocycles. The van der Waals surface area contributed by atoms with Crippen LogP contribution in [0.15, 0.2) is 35.3 Å². The summed E-state index contributed by atoms with van der Waals surface area (Å²) < 4.78 is 20.5. The lowest BCUT2D eigenvalue weighted by Crippen LogP contribution is -2.58. The van der Waals surface area contributed by atoms with Crippen molar-refractivity contribution < 1.29 is 14.2 Å². The molecule has 2 fully saturated rings. The number of alkyl halides is 1. The van der Waals surface area contributed by atoms with Crippen molar-refractivity contribution in [2.45, 2.75) is 18.6 Å². The van der Waals surface area contributed by atoms with Gasteiger partial charge in [0.15, 0.2) is 11.6 Å². The van der Waals surface area contributed by atoms with E-state index in [1.165, 1.54) is 5.56 Å². The highest BCUT2D eigenvalue weighted by atomic mass is 19.1. The van der Waals surface area contributed by atoms with Gasteiger partial charge < -0.3 is 19.6 Å². The topological polar surface area (TPSA) is 48.3 Å². The molecule has 0 radical (unpaired) electrons. The molecule has 1 aromatic rings. The summed E-state index contributed by atoms with van der Waals surface area (Å²) in [5.41, 5.74) is -1.02. The number of hydrogen-bond acceptors (Lipinski definition) is 5. The summed E-state index contributed by atoms with van der Waals surface area (Å²) >= 11 is 0. The highest BCUT2D eigenvalue weighted by molar-refractivity contribution is 5.83. The number of nitrogens with zero attached hydrogens (tertiary/aromatic N) is 3. The Hall–Kier alpha value is -1.66. The van der Waals surface area contributed by atoms with E-state index < -0.39 is 17.7 Å². The number of guanidine groups is 1.